The van der Waals surface area contributed by atoms with Crippen LogP contribution in [0.25, 0.3) is 11.5 Å². The fourth-order valence-electron chi connectivity index (χ4n) is 1.63. The third-order valence-electron chi connectivity index (χ3n) is 2.60. The molecule has 0 spiro atoms. The first-order valence-corrected chi connectivity index (χ1v) is 8.17. The Balaban J connectivity index is 1.79. The number of H-pyrrole nitrogens is 1. The zero-order chi connectivity index (χ0) is 15.3. The van der Waals surface area contributed by atoms with Crippen LogP contribution in [0.3, 0.4) is 0 Å². The molecule has 21 heavy (non-hydrogen) atoms. The van der Waals surface area contributed by atoms with Gasteiger partial charge in [0.25, 0.3) is 5.91 Å². The number of aromatic nitrogens is 2. The predicted octanol–water partition coefficient (Wildman–Crippen LogP) is 0.339. The van der Waals surface area contributed by atoms with Crippen molar-refractivity contribution in [2.45, 2.75) is 6.42 Å². The highest BCUT2D eigenvalue weighted by Gasteiger charge is 2.12. The number of nitrogens with zero attached hydrogens (tertiary/aromatic N) is 1. The van der Waals surface area contributed by atoms with Crippen LogP contribution in [0.4, 0.5) is 0 Å². The van der Waals surface area contributed by atoms with E-state index in [-0.39, 0.29) is 18.1 Å². The number of amides is 1. The topological polar surface area (TPSA) is 117 Å². The molecule has 0 aliphatic heterocycles. The SMILES string of the molecule is CS(=O)(=O)NCCCNC(=O)c1cc(-c2ccco2)[nH]n1. The van der Waals surface area contributed by atoms with Crippen LogP contribution in [-0.2, 0) is 10.0 Å². The van der Waals surface area contributed by atoms with Crippen molar-refractivity contribution in [2.24, 2.45) is 0 Å². The van der Waals surface area contributed by atoms with E-state index in [1.54, 1.807) is 18.2 Å². The van der Waals surface area contributed by atoms with Gasteiger partial charge in [0, 0.05) is 19.2 Å². The molecule has 0 aromatic carbocycles. The highest BCUT2D eigenvalue weighted by atomic mass is 32.2. The summed E-state index contributed by atoms with van der Waals surface area (Å²) in [4.78, 5) is 11.8. The number of aromatic amines is 1. The van der Waals surface area contributed by atoms with E-state index in [1.165, 1.54) is 6.26 Å². The van der Waals surface area contributed by atoms with Gasteiger partial charge in [-0.3, -0.25) is 9.89 Å². The van der Waals surface area contributed by atoms with E-state index in [9.17, 15) is 13.2 Å². The molecule has 114 valence electrons. The fourth-order valence-corrected chi connectivity index (χ4v) is 2.15. The molecular weight excluding hydrogens is 296 g/mol. The molecular formula is C12H16N4O4S. The Labute approximate surface area is 122 Å². The van der Waals surface area contributed by atoms with Gasteiger partial charge in [-0.25, -0.2) is 13.1 Å². The number of rotatable bonds is 7. The minimum Gasteiger partial charge on any atom is -0.463 e. The van der Waals surface area contributed by atoms with E-state index in [2.05, 4.69) is 20.2 Å². The summed E-state index contributed by atoms with van der Waals surface area (Å²) in [5.41, 5.74) is 0.862. The van der Waals surface area contributed by atoms with E-state index >= 15 is 0 Å². The molecule has 0 saturated carbocycles. The van der Waals surface area contributed by atoms with Crippen LogP contribution in [0.1, 0.15) is 16.9 Å². The van der Waals surface area contributed by atoms with Gasteiger partial charge in [0.05, 0.1) is 12.5 Å². The third kappa shape index (κ3) is 4.72. The van der Waals surface area contributed by atoms with Crippen molar-refractivity contribution < 1.29 is 17.6 Å². The zero-order valence-electron chi connectivity index (χ0n) is 11.4. The van der Waals surface area contributed by atoms with Gasteiger partial charge in [0.1, 0.15) is 5.69 Å². The molecule has 2 rings (SSSR count). The van der Waals surface area contributed by atoms with E-state index < -0.39 is 10.0 Å². The largest absolute Gasteiger partial charge is 0.463 e. The van der Waals surface area contributed by atoms with Crippen LogP contribution in [-0.4, -0.2) is 43.9 Å². The fraction of sp³-hybridized carbons (Fsp3) is 0.333. The smallest absolute Gasteiger partial charge is 0.271 e. The van der Waals surface area contributed by atoms with Crippen molar-refractivity contribution in [2.75, 3.05) is 19.3 Å². The van der Waals surface area contributed by atoms with E-state index in [1.807, 2.05) is 0 Å². The number of hydrogen-bond acceptors (Lipinski definition) is 5. The van der Waals surface area contributed by atoms with Crippen molar-refractivity contribution in [3.05, 3.63) is 30.2 Å². The molecule has 0 radical (unpaired) electrons. The Morgan fingerprint density at radius 1 is 1.43 bits per heavy atom. The van der Waals surface area contributed by atoms with E-state index in [0.29, 0.717) is 24.4 Å². The Kier molecular flexibility index (Phi) is 4.76. The second-order valence-corrected chi connectivity index (χ2v) is 6.25. The summed E-state index contributed by atoms with van der Waals surface area (Å²) in [5.74, 6) is 0.266. The average Bonchev–Trinajstić information content (AvgIpc) is 3.07. The lowest BCUT2D eigenvalue weighted by atomic mass is 10.3. The van der Waals surface area contributed by atoms with Crippen molar-refractivity contribution in [3.8, 4) is 11.5 Å². The van der Waals surface area contributed by atoms with Crippen LogP contribution in [0.15, 0.2) is 28.9 Å². The monoisotopic (exact) mass is 312 g/mol. The second-order valence-electron chi connectivity index (χ2n) is 4.42. The minimum absolute atomic E-state index is 0.248. The zero-order valence-corrected chi connectivity index (χ0v) is 12.2. The molecule has 2 aromatic heterocycles. The minimum atomic E-state index is -3.19. The summed E-state index contributed by atoms with van der Waals surface area (Å²) in [6.07, 6.45) is 3.12. The van der Waals surface area contributed by atoms with Gasteiger partial charge in [-0.2, -0.15) is 5.10 Å². The number of carbonyl (C=O) groups is 1. The molecule has 8 nitrogen and oxygen atoms in total. The van der Waals surface area contributed by atoms with Crippen molar-refractivity contribution in [3.63, 3.8) is 0 Å². The summed E-state index contributed by atoms with van der Waals surface area (Å²) in [5, 5.41) is 9.27. The Morgan fingerprint density at radius 2 is 2.24 bits per heavy atom. The first-order chi connectivity index (χ1) is 9.96. The molecule has 1 amide bonds. The maximum Gasteiger partial charge on any atom is 0.271 e. The molecule has 9 heteroatoms. The summed E-state index contributed by atoms with van der Waals surface area (Å²) in [7, 11) is -3.19. The van der Waals surface area contributed by atoms with Gasteiger partial charge in [-0.15, -0.1) is 0 Å². The van der Waals surface area contributed by atoms with Crippen LogP contribution in [0.2, 0.25) is 0 Å². The molecule has 0 aliphatic rings. The van der Waals surface area contributed by atoms with Crippen LogP contribution >= 0.6 is 0 Å². The first kappa shape index (κ1) is 15.3. The normalized spacial score (nSPS) is 11.5. The Bertz CT molecular complexity index is 691. The maximum atomic E-state index is 11.8. The summed E-state index contributed by atoms with van der Waals surface area (Å²) in [6, 6.07) is 5.08. The molecule has 0 fully saturated rings. The summed E-state index contributed by atoms with van der Waals surface area (Å²) < 4.78 is 29.2. The molecule has 0 unspecified atom stereocenters. The third-order valence-corrected chi connectivity index (χ3v) is 3.33. The first-order valence-electron chi connectivity index (χ1n) is 6.28. The summed E-state index contributed by atoms with van der Waals surface area (Å²) >= 11 is 0. The highest BCUT2D eigenvalue weighted by molar-refractivity contribution is 7.88. The quantitative estimate of drug-likeness (QED) is 0.637. The van der Waals surface area contributed by atoms with E-state index in [0.717, 1.165) is 6.26 Å². The predicted molar refractivity (Wildman–Crippen MR) is 76.1 cm³/mol. The molecule has 0 aliphatic carbocycles. The molecule has 3 N–H and O–H groups in total. The Morgan fingerprint density at radius 3 is 2.90 bits per heavy atom. The van der Waals surface area contributed by atoms with Gasteiger partial charge in [0.2, 0.25) is 10.0 Å². The lowest BCUT2D eigenvalue weighted by Crippen LogP contribution is -2.29. The lowest BCUT2D eigenvalue weighted by molar-refractivity contribution is 0.0948. The standard InChI is InChI=1S/C12H16N4O4S/c1-21(18,19)14-6-3-5-13-12(17)10-8-9(15-16-10)11-4-2-7-20-11/h2,4,7-8,14H,3,5-6H2,1H3,(H,13,17)(H,15,16). The molecule has 0 bridgehead atoms. The molecule has 2 heterocycles. The molecule has 0 saturated heterocycles. The lowest BCUT2D eigenvalue weighted by Gasteiger charge is -2.03. The number of hydrogen-bond donors (Lipinski definition) is 3. The van der Waals surface area contributed by atoms with Gasteiger partial charge < -0.3 is 9.73 Å². The Hall–Kier alpha value is -2.13. The van der Waals surface area contributed by atoms with Crippen molar-refractivity contribution in [1.82, 2.24) is 20.2 Å². The van der Waals surface area contributed by atoms with Gasteiger partial charge in [-0.1, -0.05) is 0 Å². The van der Waals surface area contributed by atoms with Crippen molar-refractivity contribution >= 4 is 15.9 Å². The van der Waals surface area contributed by atoms with Gasteiger partial charge >= 0.3 is 0 Å². The summed E-state index contributed by atoms with van der Waals surface area (Å²) in [6.45, 7) is 0.627. The van der Waals surface area contributed by atoms with Gasteiger partial charge in [-0.05, 0) is 18.6 Å². The number of sulfonamides is 1. The van der Waals surface area contributed by atoms with Gasteiger partial charge in [0.15, 0.2) is 11.5 Å². The highest BCUT2D eigenvalue weighted by Crippen LogP contribution is 2.17. The number of nitrogens with one attached hydrogen (secondary N) is 3. The van der Waals surface area contributed by atoms with Crippen LogP contribution < -0.4 is 10.0 Å². The molecule has 2 aromatic rings. The maximum absolute atomic E-state index is 11.8. The van der Waals surface area contributed by atoms with Crippen LogP contribution in [0.5, 0.6) is 0 Å². The van der Waals surface area contributed by atoms with Crippen LogP contribution in [0, 0.1) is 0 Å². The average molecular weight is 312 g/mol. The number of furan rings is 1. The van der Waals surface area contributed by atoms with E-state index in [4.69, 9.17) is 4.42 Å². The van der Waals surface area contributed by atoms with Crippen molar-refractivity contribution in [1.29, 1.82) is 0 Å². The second kappa shape index (κ2) is 6.55. The molecule has 0 atom stereocenters. The number of carbonyl (C=O) groups excluding carboxylic acids is 1.